The molecule has 0 saturated heterocycles. The molecule has 0 saturated carbocycles. The number of nitro benzene ring substituents is 1. The Kier molecular flexibility index (Phi) is 4.75. The number of Topliss-reactive ketones (excluding diaryl/α,β-unsaturated/α-hetero) is 1. The molecule has 0 aliphatic rings. The lowest BCUT2D eigenvalue weighted by Gasteiger charge is -2.05. The van der Waals surface area contributed by atoms with Crippen molar-refractivity contribution in [3.63, 3.8) is 0 Å². The van der Waals surface area contributed by atoms with Crippen molar-refractivity contribution in [3.05, 3.63) is 75.3 Å². The van der Waals surface area contributed by atoms with Gasteiger partial charge >= 0.3 is 5.97 Å². The van der Waals surface area contributed by atoms with E-state index in [2.05, 4.69) is 0 Å². The molecule has 2 aromatic carbocycles. The molecule has 2 aromatic rings. The molecule has 0 radical (unpaired) electrons. The van der Waals surface area contributed by atoms with Crippen LogP contribution >= 0.6 is 0 Å². The van der Waals surface area contributed by atoms with Crippen molar-refractivity contribution in [1.29, 1.82) is 0 Å². The minimum Gasteiger partial charge on any atom is -0.454 e. The summed E-state index contributed by atoms with van der Waals surface area (Å²) in [6, 6.07) is 6.88. The number of non-ortho nitro benzene ring substituents is 1. The summed E-state index contributed by atoms with van der Waals surface area (Å²) in [5, 5.41) is 10.5. The molecule has 0 bridgehead atoms. The summed E-state index contributed by atoms with van der Waals surface area (Å²) in [6.07, 6.45) is 0. The van der Waals surface area contributed by atoms with E-state index in [-0.39, 0.29) is 11.3 Å². The lowest BCUT2D eigenvalue weighted by atomic mass is 10.1. The van der Waals surface area contributed by atoms with Crippen LogP contribution in [0.4, 0.5) is 14.5 Å². The first-order valence-electron chi connectivity index (χ1n) is 6.28. The van der Waals surface area contributed by atoms with Crippen molar-refractivity contribution < 1.29 is 28.0 Å². The Hall–Kier alpha value is -3.16. The quantitative estimate of drug-likeness (QED) is 0.366. The first-order valence-corrected chi connectivity index (χ1v) is 6.28. The lowest BCUT2D eigenvalue weighted by molar-refractivity contribution is -0.384. The molecule has 0 aromatic heterocycles. The van der Waals surface area contributed by atoms with Crippen molar-refractivity contribution in [2.75, 3.05) is 6.61 Å². The predicted molar refractivity (Wildman–Crippen MR) is 74.1 cm³/mol. The topological polar surface area (TPSA) is 86.5 Å². The molecule has 6 nitrogen and oxygen atoms in total. The molecule has 0 spiro atoms. The van der Waals surface area contributed by atoms with Crippen LogP contribution in [0.2, 0.25) is 0 Å². The number of esters is 1. The molecule has 0 amide bonds. The smallest absolute Gasteiger partial charge is 0.338 e. The summed E-state index contributed by atoms with van der Waals surface area (Å²) in [6.45, 7) is -0.782. The van der Waals surface area contributed by atoms with E-state index >= 15 is 0 Å². The van der Waals surface area contributed by atoms with Gasteiger partial charge in [0, 0.05) is 12.1 Å². The number of benzene rings is 2. The average Bonchev–Trinajstić information content (AvgIpc) is 2.54. The zero-order chi connectivity index (χ0) is 17.0. The third-order valence-corrected chi connectivity index (χ3v) is 2.88. The highest BCUT2D eigenvalue weighted by molar-refractivity contribution is 5.99. The molecule has 118 valence electrons. The van der Waals surface area contributed by atoms with E-state index in [9.17, 15) is 28.5 Å². The summed E-state index contributed by atoms with van der Waals surface area (Å²) >= 11 is 0. The Morgan fingerprint density at radius 3 is 2.35 bits per heavy atom. The van der Waals surface area contributed by atoms with Crippen LogP contribution in [0.15, 0.2) is 42.5 Å². The standard InChI is InChI=1S/C15H9F2NO5/c16-10-3-6-13(17)12(7-10)14(19)8-23-15(20)9-1-4-11(5-2-9)18(21)22/h1-7H,8H2. The fraction of sp³-hybridized carbons (Fsp3) is 0.0667. The van der Waals surface area contributed by atoms with Crippen LogP contribution in [0.5, 0.6) is 0 Å². The van der Waals surface area contributed by atoms with Gasteiger partial charge in [-0.2, -0.15) is 0 Å². The number of carbonyl (C=O) groups excluding carboxylic acids is 2. The molecular weight excluding hydrogens is 312 g/mol. The zero-order valence-electron chi connectivity index (χ0n) is 11.5. The first-order chi connectivity index (χ1) is 10.9. The summed E-state index contributed by atoms with van der Waals surface area (Å²) in [5.74, 6) is -3.54. The van der Waals surface area contributed by atoms with Gasteiger partial charge in [0.1, 0.15) is 11.6 Å². The molecule has 0 fully saturated rings. The molecule has 0 aliphatic carbocycles. The van der Waals surface area contributed by atoms with Crippen LogP contribution in [-0.2, 0) is 4.74 Å². The van der Waals surface area contributed by atoms with Gasteiger partial charge in [-0.05, 0) is 30.3 Å². The maximum absolute atomic E-state index is 13.4. The Morgan fingerprint density at radius 1 is 1.09 bits per heavy atom. The number of rotatable bonds is 5. The molecule has 0 atom stereocenters. The molecule has 23 heavy (non-hydrogen) atoms. The number of nitrogens with zero attached hydrogens (tertiary/aromatic N) is 1. The van der Waals surface area contributed by atoms with Gasteiger partial charge in [-0.25, -0.2) is 13.6 Å². The van der Waals surface area contributed by atoms with Gasteiger partial charge in [0.25, 0.3) is 5.69 Å². The van der Waals surface area contributed by atoms with Gasteiger partial charge < -0.3 is 4.74 Å². The highest BCUT2D eigenvalue weighted by Gasteiger charge is 2.16. The number of carbonyl (C=O) groups is 2. The van der Waals surface area contributed by atoms with Gasteiger partial charge in [0.2, 0.25) is 5.78 Å². The van der Waals surface area contributed by atoms with E-state index in [0.29, 0.717) is 6.07 Å². The fourth-order valence-electron chi connectivity index (χ4n) is 1.72. The second-order valence-corrected chi connectivity index (χ2v) is 4.43. The lowest BCUT2D eigenvalue weighted by Crippen LogP contribution is -2.15. The third kappa shape index (κ3) is 3.94. The maximum Gasteiger partial charge on any atom is 0.338 e. The van der Waals surface area contributed by atoms with Crippen LogP contribution in [-0.4, -0.2) is 23.3 Å². The molecule has 8 heteroatoms. The molecule has 2 rings (SSSR count). The number of nitro groups is 1. The van der Waals surface area contributed by atoms with Crippen molar-refractivity contribution in [2.45, 2.75) is 0 Å². The number of halogens is 2. The minimum atomic E-state index is -0.928. The minimum absolute atomic E-state index is 0.0110. The van der Waals surface area contributed by atoms with E-state index in [0.717, 1.165) is 36.4 Å². The molecule has 0 heterocycles. The highest BCUT2D eigenvalue weighted by Crippen LogP contribution is 2.14. The summed E-state index contributed by atoms with van der Waals surface area (Å²) in [4.78, 5) is 33.3. The normalized spacial score (nSPS) is 10.2. The van der Waals surface area contributed by atoms with E-state index in [1.165, 1.54) is 0 Å². The Balaban J connectivity index is 2.02. The van der Waals surface area contributed by atoms with Crippen LogP contribution < -0.4 is 0 Å². The Labute approximate surface area is 128 Å². The van der Waals surface area contributed by atoms with Crippen molar-refractivity contribution >= 4 is 17.4 Å². The molecule has 0 N–H and O–H groups in total. The average molecular weight is 321 g/mol. The summed E-state index contributed by atoms with van der Waals surface area (Å²) in [7, 11) is 0. The number of hydrogen-bond acceptors (Lipinski definition) is 5. The predicted octanol–water partition coefficient (Wildman–Crippen LogP) is 2.91. The van der Waals surface area contributed by atoms with Gasteiger partial charge in [0.05, 0.1) is 16.1 Å². The Bertz CT molecular complexity index is 774. The second kappa shape index (κ2) is 6.73. The fourth-order valence-corrected chi connectivity index (χ4v) is 1.72. The largest absolute Gasteiger partial charge is 0.454 e. The SMILES string of the molecule is O=C(OCC(=O)c1cc(F)ccc1F)c1ccc([N+](=O)[O-])cc1. The van der Waals surface area contributed by atoms with Crippen LogP contribution in [0, 0.1) is 21.7 Å². The third-order valence-electron chi connectivity index (χ3n) is 2.88. The summed E-state index contributed by atoms with van der Waals surface area (Å²) in [5.41, 5.74) is -0.746. The monoisotopic (exact) mass is 321 g/mol. The van der Waals surface area contributed by atoms with E-state index in [1.807, 2.05) is 0 Å². The second-order valence-electron chi connectivity index (χ2n) is 4.43. The molecule has 0 unspecified atom stereocenters. The van der Waals surface area contributed by atoms with Crippen LogP contribution in [0.25, 0.3) is 0 Å². The zero-order valence-corrected chi connectivity index (χ0v) is 11.5. The van der Waals surface area contributed by atoms with E-state index in [4.69, 9.17) is 4.74 Å². The van der Waals surface area contributed by atoms with Gasteiger partial charge in [0.15, 0.2) is 6.61 Å². The highest BCUT2D eigenvalue weighted by atomic mass is 19.1. The number of hydrogen-bond donors (Lipinski definition) is 0. The van der Waals surface area contributed by atoms with E-state index in [1.54, 1.807) is 0 Å². The van der Waals surface area contributed by atoms with Gasteiger partial charge in [-0.15, -0.1) is 0 Å². The summed E-state index contributed by atoms with van der Waals surface area (Å²) < 4.78 is 31.1. The first kappa shape index (κ1) is 16.2. The maximum atomic E-state index is 13.4. The molecular formula is C15H9F2NO5. The van der Waals surface area contributed by atoms with Crippen molar-refractivity contribution in [3.8, 4) is 0 Å². The Morgan fingerprint density at radius 2 is 1.74 bits per heavy atom. The van der Waals surface area contributed by atoms with E-state index < -0.39 is 40.5 Å². The number of ether oxygens (including phenoxy) is 1. The number of ketones is 1. The van der Waals surface area contributed by atoms with Crippen LogP contribution in [0.3, 0.4) is 0 Å². The molecule has 0 aliphatic heterocycles. The van der Waals surface area contributed by atoms with Crippen molar-refractivity contribution in [2.24, 2.45) is 0 Å². The van der Waals surface area contributed by atoms with Crippen LogP contribution in [0.1, 0.15) is 20.7 Å². The van der Waals surface area contributed by atoms with Gasteiger partial charge in [-0.3, -0.25) is 14.9 Å². The van der Waals surface area contributed by atoms with Gasteiger partial charge in [-0.1, -0.05) is 0 Å². The van der Waals surface area contributed by atoms with Crippen molar-refractivity contribution in [1.82, 2.24) is 0 Å².